The molecule has 0 aliphatic heterocycles. The molecule has 2 nitrogen and oxygen atoms in total. The van der Waals surface area contributed by atoms with Gasteiger partial charge in [-0.2, -0.15) is 0 Å². The second kappa shape index (κ2) is 13.4. The number of aryl methyl sites for hydroxylation is 1. The summed E-state index contributed by atoms with van der Waals surface area (Å²) >= 11 is 0. The number of halogens is 1. The van der Waals surface area contributed by atoms with Crippen LogP contribution in [0.2, 0.25) is 0 Å². The zero-order valence-corrected chi connectivity index (χ0v) is 29.6. The normalized spacial score (nSPS) is 13.7. The van der Waals surface area contributed by atoms with Gasteiger partial charge in [-0.05, 0) is 118 Å². The van der Waals surface area contributed by atoms with Crippen LogP contribution < -0.4 is 4.90 Å². The maximum absolute atomic E-state index is 13.9. The van der Waals surface area contributed by atoms with Crippen LogP contribution in [-0.4, -0.2) is 0 Å². The second-order valence-corrected chi connectivity index (χ2v) is 14.1. The first-order valence-corrected chi connectivity index (χ1v) is 18.6. The van der Waals surface area contributed by atoms with Crippen LogP contribution >= 0.6 is 0 Å². The molecule has 1 atom stereocenters. The summed E-state index contributed by atoms with van der Waals surface area (Å²) in [6.07, 6.45) is 1.93. The predicted molar refractivity (Wildman–Crippen MR) is 221 cm³/mol. The summed E-state index contributed by atoms with van der Waals surface area (Å²) in [5.74, 6) is 0.0103. The van der Waals surface area contributed by atoms with E-state index in [2.05, 4.69) is 150 Å². The van der Waals surface area contributed by atoms with Crippen molar-refractivity contribution in [3.05, 3.63) is 211 Å². The van der Waals surface area contributed by atoms with E-state index in [9.17, 15) is 4.39 Å². The van der Waals surface area contributed by atoms with Gasteiger partial charge in [0.15, 0.2) is 5.58 Å². The molecule has 0 bridgehead atoms. The molecule has 258 valence electrons. The Balaban J connectivity index is 1.05. The molecule has 9 aromatic rings. The van der Waals surface area contributed by atoms with Crippen molar-refractivity contribution in [2.24, 2.45) is 0 Å². The Kier molecular flexibility index (Phi) is 7.91. The van der Waals surface area contributed by atoms with Gasteiger partial charge in [-0.15, -0.1) is 0 Å². The third-order valence-corrected chi connectivity index (χ3v) is 11.0. The van der Waals surface area contributed by atoms with Crippen LogP contribution in [0.3, 0.4) is 0 Å². The first kappa shape index (κ1) is 32.0. The van der Waals surface area contributed by atoms with Gasteiger partial charge in [0.1, 0.15) is 11.4 Å². The average molecular weight is 698 g/mol. The third-order valence-electron chi connectivity index (χ3n) is 11.0. The maximum Gasteiger partial charge on any atom is 0.159 e. The van der Waals surface area contributed by atoms with Crippen LogP contribution in [0, 0.1) is 5.82 Å². The highest BCUT2D eigenvalue weighted by Crippen LogP contribution is 2.45. The minimum Gasteiger partial charge on any atom is -0.454 e. The number of fused-ring (bicyclic) bond motifs is 6. The van der Waals surface area contributed by atoms with Gasteiger partial charge in [0, 0.05) is 28.1 Å². The third kappa shape index (κ3) is 5.66. The first-order chi connectivity index (χ1) is 26.7. The Labute approximate surface area is 314 Å². The Morgan fingerprint density at radius 3 is 1.91 bits per heavy atom. The fourth-order valence-corrected chi connectivity index (χ4v) is 8.34. The van der Waals surface area contributed by atoms with E-state index in [4.69, 9.17) is 4.42 Å². The van der Waals surface area contributed by atoms with E-state index < -0.39 is 0 Å². The lowest BCUT2D eigenvalue weighted by atomic mass is 9.86. The van der Waals surface area contributed by atoms with Crippen LogP contribution in [0.15, 0.2) is 192 Å². The lowest BCUT2D eigenvalue weighted by molar-refractivity contribution is 0.625. The highest BCUT2D eigenvalue weighted by atomic mass is 19.1. The van der Waals surface area contributed by atoms with Crippen molar-refractivity contribution in [3.8, 4) is 33.4 Å². The van der Waals surface area contributed by atoms with E-state index >= 15 is 0 Å². The summed E-state index contributed by atoms with van der Waals surface area (Å²) in [5.41, 5.74) is 15.8. The van der Waals surface area contributed by atoms with Crippen molar-refractivity contribution in [1.29, 1.82) is 0 Å². The largest absolute Gasteiger partial charge is 0.454 e. The van der Waals surface area contributed by atoms with E-state index in [0.717, 1.165) is 63.0 Å². The quantitative estimate of drug-likeness (QED) is 0.172. The summed E-state index contributed by atoms with van der Waals surface area (Å²) in [6.45, 7) is 0. The molecular weight excluding hydrogens is 662 g/mol. The molecule has 1 aliphatic rings. The number of rotatable bonds is 6. The summed E-state index contributed by atoms with van der Waals surface area (Å²) in [7, 11) is 0. The zero-order chi connectivity index (χ0) is 36.0. The molecule has 0 saturated heterocycles. The van der Waals surface area contributed by atoms with E-state index in [0.29, 0.717) is 0 Å². The summed E-state index contributed by atoms with van der Waals surface area (Å²) in [6, 6.07) is 65.5. The molecule has 1 aliphatic carbocycles. The number of nitrogens with zero attached hydrogens (tertiary/aromatic N) is 1. The number of hydrogen-bond donors (Lipinski definition) is 0. The molecule has 0 amide bonds. The van der Waals surface area contributed by atoms with Gasteiger partial charge in [0.25, 0.3) is 0 Å². The Hall–Kier alpha value is -6.71. The van der Waals surface area contributed by atoms with Crippen molar-refractivity contribution in [2.75, 3.05) is 4.90 Å². The topological polar surface area (TPSA) is 16.4 Å². The van der Waals surface area contributed by atoms with Gasteiger partial charge in [-0.3, -0.25) is 0 Å². The maximum atomic E-state index is 13.9. The molecule has 1 unspecified atom stereocenters. The van der Waals surface area contributed by atoms with Gasteiger partial charge in [0.2, 0.25) is 0 Å². The van der Waals surface area contributed by atoms with Crippen molar-refractivity contribution < 1.29 is 8.81 Å². The van der Waals surface area contributed by atoms with E-state index in [1.54, 1.807) is 12.1 Å². The van der Waals surface area contributed by atoms with Gasteiger partial charge in [0.05, 0.1) is 5.69 Å². The molecule has 1 heterocycles. The van der Waals surface area contributed by atoms with Gasteiger partial charge >= 0.3 is 0 Å². The molecule has 3 heteroatoms. The van der Waals surface area contributed by atoms with Crippen molar-refractivity contribution >= 4 is 39.0 Å². The predicted octanol–water partition coefficient (Wildman–Crippen LogP) is 14.3. The van der Waals surface area contributed by atoms with E-state index in [1.807, 2.05) is 30.3 Å². The number of anilines is 3. The van der Waals surface area contributed by atoms with Crippen molar-refractivity contribution in [2.45, 2.75) is 18.8 Å². The van der Waals surface area contributed by atoms with Crippen LogP contribution in [-0.2, 0) is 6.42 Å². The minimum atomic E-state index is -0.199. The highest BCUT2D eigenvalue weighted by molar-refractivity contribution is 6.10. The van der Waals surface area contributed by atoms with Gasteiger partial charge < -0.3 is 9.32 Å². The fraction of sp³-hybridized carbons (Fsp3) is 0.0588. The number of furan rings is 1. The van der Waals surface area contributed by atoms with Crippen LogP contribution in [0.1, 0.15) is 29.0 Å². The standard InChI is InChI=1S/C51H36FNO/c52-40-26-19-37(20-27-40)43-32-25-38-17-18-39(33-48(38)45-12-5-4-11-44(43)45)36-23-30-42(31-24-36)53(41-28-21-35(22-29-41)34-9-2-1-3-10-34)49-15-8-14-47-46-13-6-7-16-50(46)54-51(47)49/h1-24,26-31,33,43H,25,32H2. The molecule has 0 fully saturated rings. The monoisotopic (exact) mass is 697 g/mol. The van der Waals surface area contributed by atoms with Gasteiger partial charge in [-0.1, -0.05) is 133 Å². The van der Waals surface area contributed by atoms with Gasteiger partial charge in [-0.25, -0.2) is 4.39 Å². The molecule has 8 aromatic carbocycles. The van der Waals surface area contributed by atoms with Crippen LogP contribution in [0.5, 0.6) is 0 Å². The summed E-state index contributed by atoms with van der Waals surface area (Å²) in [5, 5.41) is 2.20. The zero-order valence-electron chi connectivity index (χ0n) is 29.6. The van der Waals surface area contributed by atoms with Crippen molar-refractivity contribution in [3.63, 3.8) is 0 Å². The highest BCUT2D eigenvalue weighted by Gasteiger charge is 2.24. The lowest BCUT2D eigenvalue weighted by Gasteiger charge is -2.26. The Morgan fingerprint density at radius 2 is 1.13 bits per heavy atom. The summed E-state index contributed by atoms with van der Waals surface area (Å²) < 4.78 is 20.4. The molecule has 0 saturated carbocycles. The summed E-state index contributed by atoms with van der Waals surface area (Å²) in [4.78, 5) is 2.30. The average Bonchev–Trinajstić information content (AvgIpc) is 3.54. The van der Waals surface area contributed by atoms with Crippen molar-refractivity contribution in [1.82, 2.24) is 0 Å². The number of benzene rings is 8. The first-order valence-electron chi connectivity index (χ1n) is 18.6. The number of hydrogen-bond acceptors (Lipinski definition) is 2. The smallest absolute Gasteiger partial charge is 0.159 e. The number of para-hydroxylation sites is 2. The minimum absolute atomic E-state index is 0.199. The van der Waals surface area contributed by atoms with E-state index in [-0.39, 0.29) is 11.7 Å². The van der Waals surface area contributed by atoms with E-state index in [1.165, 1.54) is 38.9 Å². The second-order valence-electron chi connectivity index (χ2n) is 14.1. The van der Waals surface area contributed by atoms with Crippen LogP contribution in [0.4, 0.5) is 21.5 Å². The fourth-order valence-electron chi connectivity index (χ4n) is 8.34. The molecule has 0 N–H and O–H groups in total. The Bertz CT molecular complexity index is 2770. The van der Waals surface area contributed by atoms with Crippen LogP contribution in [0.25, 0.3) is 55.3 Å². The molecule has 0 spiro atoms. The molecular formula is C51H36FNO. The lowest BCUT2D eigenvalue weighted by Crippen LogP contribution is -2.10. The Morgan fingerprint density at radius 1 is 0.500 bits per heavy atom. The molecule has 1 aromatic heterocycles. The SMILES string of the molecule is Fc1ccc(C2CCc3ccc(-c4ccc(N(c5ccc(-c6ccccc6)cc5)c5cccc6c5oc5ccccc56)cc4)cc3-c3ccccc32)cc1. The molecule has 54 heavy (non-hydrogen) atoms. The molecule has 0 radical (unpaired) electrons. The molecule has 10 rings (SSSR count).